The van der Waals surface area contributed by atoms with Crippen LogP contribution in [0.4, 0.5) is 0 Å². The Bertz CT molecular complexity index is 554. The zero-order valence-corrected chi connectivity index (χ0v) is 12.8. The Labute approximate surface area is 124 Å². The first-order valence-corrected chi connectivity index (χ1v) is 8.49. The molecule has 1 fully saturated rings. The van der Waals surface area contributed by atoms with Gasteiger partial charge in [0.05, 0.1) is 24.4 Å². The molecule has 0 aromatic carbocycles. The van der Waals surface area contributed by atoms with Crippen molar-refractivity contribution in [3.05, 3.63) is 30.6 Å². The molecule has 1 saturated carbocycles. The summed E-state index contributed by atoms with van der Waals surface area (Å²) >= 11 is 1.77. The Morgan fingerprint density at radius 2 is 2.25 bits per heavy atom. The van der Waals surface area contributed by atoms with Crippen LogP contribution in [0.5, 0.6) is 0 Å². The fourth-order valence-electron chi connectivity index (χ4n) is 2.89. The van der Waals surface area contributed by atoms with Crippen molar-refractivity contribution >= 4 is 17.3 Å². The first-order chi connectivity index (χ1) is 9.84. The highest BCUT2D eigenvalue weighted by molar-refractivity contribution is 7.99. The number of rotatable bonds is 5. The van der Waals surface area contributed by atoms with Gasteiger partial charge in [-0.2, -0.15) is 0 Å². The van der Waals surface area contributed by atoms with Crippen molar-refractivity contribution in [2.45, 2.75) is 43.9 Å². The smallest absolute Gasteiger partial charge is 0.172 e. The van der Waals surface area contributed by atoms with E-state index < -0.39 is 0 Å². The zero-order chi connectivity index (χ0) is 13.8. The molecule has 0 unspecified atom stereocenters. The van der Waals surface area contributed by atoms with Gasteiger partial charge in [-0.15, -0.1) is 0 Å². The van der Waals surface area contributed by atoms with Crippen LogP contribution >= 0.6 is 11.8 Å². The van der Waals surface area contributed by atoms with Crippen LogP contribution in [0.3, 0.4) is 0 Å². The van der Waals surface area contributed by atoms with Gasteiger partial charge in [-0.25, -0.2) is 4.98 Å². The number of hydrogen-bond acceptors (Lipinski definition) is 3. The van der Waals surface area contributed by atoms with E-state index >= 15 is 0 Å². The summed E-state index contributed by atoms with van der Waals surface area (Å²) in [4.78, 5) is 4.46. The Morgan fingerprint density at radius 3 is 3.15 bits per heavy atom. The first kappa shape index (κ1) is 14.0. The third-order valence-corrected chi connectivity index (χ3v) is 5.02. The van der Waals surface area contributed by atoms with E-state index in [0.29, 0.717) is 6.10 Å². The molecule has 20 heavy (non-hydrogen) atoms. The van der Waals surface area contributed by atoms with E-state index in [4.69, 9.17) is 4.74 Å². The van der Waals surface area contributed by atoms with Gasteiger partial charge in [-0.3, -0.25) is 4.40 Å². The maximum absolute atomic E-state index is 6.05. The maximum atomic E-state index is 6.05. The van der Waals surface area contributed by atoms with Crippen molar-refractivity contribution in [3.8, 4) is 0 Å². The molecule has 0 radical (unpaired) electrons. The lowest BCUT2D eigenvalue weighted by atomic mass is 9.88. The molecule has 4 heteroatoms. The van der Waals surface area contributed by atoms with Crippen LogP contribution in [0, 0.1) is 5.92 Å². The summed E-state index contributed by atoms with van der Waals surface area (Å²) in [6.45, 7) is 3.14. The highest BCUT2D eigenvalue weighted by Gasteiger charge is 2.21. The molecule has 2 aromatic rings. The first-order valence-electron chi connectivity index (χ1n) is 7.51. The average Bonchev–Trinajstić information content (AvgIpc) is 2.89. The van der Waals surface area contributed by atoms with Gasteiger partial charge >= 0.3 is 0 Å². The minimum Gasteiger partial charge on any atom is -0.377 e. The summed E-state index contributed by atoms with van der Waals surface area (Å²) < 4.78 is 8.18. The molecule has 1 aliphatic carbocycles. The second-order valence-corrected chi connectivity index (χ2v) is 6.62. The molecule has 108 valence electrons. The summed E-state index contributed by atoms with van der Waals surface area (Å²) in [5, 5.41) is 1.06. The Kier molecular flexibility index (Phi) is 4.63. The van der Waals surface area contributed by atoms with Crippen LogP contribution in [-0.2, 0) is 4.74 Å². The van der Waals surface area contributed by atoms with Crippen molar-refractivity contribution in [1.29, 1.82) is 0 Å². The van der Waals surface area contributed by atoms with E-state index in [-0.39, 0.29) is 0 Å². The lowest BCUT2D eigenvalue weighted by Crippen LogP contribution is -2.26. The van der Waals surface area contributed by atoms with Gasteiger partial charge in [0.1, 0.15) is 0 Å². The van der Waals surface area contributed by atoms with Gasteiger partial charge in [0.2, 0.25) is 0 Å². The van der Waals surface area contributed by atoms with Crippen molar-refractivity contribution in [2.75, 3.05) is 12.4 Å². The minimum absolute atomic E-state index is 0.473. The molecule has 3 nitrogen and oxygen atoms in total. The van der Waals surface area contributed by atoms with Gasteiger partial charge in [0.15, 0.2) is 5.16 Å². The summed E-state index contributed by atoms with van der Waals surface area (Å²) in [7, 11) is 0. The average molecular weight is 290 g/mol. The number of nitrogens with zero attached hydrogens (tertiary/aromatic N) is 2. The zero-order valence-electron chi connectivity index (χ0n) is 12.0. The van der Waals surface area contributed by atoms with E-state index in [1.807, 2.05) is 18.3 Å². The molecule has 0 aliphatic heterocycles. The van der Waals surface area contributed by atoms with Crippen LogP contribution < -0.4 is 0 Å². The summed E-state index contributed by atoms with van der Waals surface area (Å²) in [6.07, 6.45) is 9.71. The van der Waals surface area contributed by atoms with Crippen LogP contribution in [0.15, 0.2) is 35.7 Å². The fourth-order valence-corrected chi connectivity index (χ4v) is 3.68. The number of aromatic nitrogens is 2. The summed E-state index contributed by atoms with van der Waals surface area (Å²) in [5.74, 6) is 1.69. The van der Waals surface area contributed by atoms with E-state index in [0.717, 1.165) is 29.0 Å². The Morgan fingerprint density at radius 1 is 1.35 bits per heavy atom. The third kappa shape index (κ3) is 3.18. The van der Waals surface area contributed by atoms with E-state index in [1.165, 1.54) is 25.7 Å². The van der Waals surface area contributed by atoms with Crippen molar-refractivity contribution in [2.24, 2.45) is 5.92 Å². The summed E-state index contributed by atoms with van der Waals surface area (Å²) in [6, 6.07) is 6.16. The molecule has 0 amide bonds. The predicted octanol–water partition coefficient (Wildman–Crippen LogP) is 4.02. The van der Waals surface area contributed by atoms with Crippen LogP contribution in [0.1, 0.15) is 32.6 Å². The highest BCUT2D eigenvalue weighted by Crippen LogP contribution is 2.26. The molecule has 0 spiro atoms. The van der Waals surface area contributed by atoms with Gasteiger partial charge in [0.25, 0.3) is 0 Å². The lowest BCUT2D eigenvalue weighted by Gasteiger charge is -2.28. The van der Waals surface area contributed by atoms with Gasteiger partial charge in [-0.05, 0) is 30.9 Å². The maximum Gasteiger partial charge on any atom is 0.172 e. The van der Waals surface area contributed by atoms with E-state index in [9.17, 15) is 0 Å². The summed E-state index contributed by atoms with van der Waals surface area (Å²) in [5.41, 5.74) is 1.15. The second kappa shape index (κ2) is 6.64. The lowest BCUT2D eigenvalue weighted by molar-refractivity contribution is 0.00345. The molecule has 2 heterocycles. The predicted molar refractivity (Wildman–Crippen MR) is 83.3 cm³/mol. The molecule has 2 aromatic heterocycles. The monoisotopic (exact) mass is 290 g/mol. The standard InChI is InChI=1S/C16H22N2OS/c1-13-6-2-3-8-15(13)19-10-11-20-16-17-12-14-7-4-5-9-18(14)16/h4-5,7,9,12-13,15H,2-3,6,8,10-11H2,1H3/t13-,15-/m0/s1. The molecular formula is C16H22N2OS. The Hall–Kier alpha value is -1.00. The molecule has 3 rings (SSSR count). The minimum atomic E-state index is 0.473. The van der Waals surface area contributed by atoms with Crippen LogP contribution in [0.25, 0.3) is 5.52 Å². The number of ether oxygens (including phenoxy) is 1. The molecule has 1 aliphatic rings. The van der Waals surface area contributed by atoms with Gasteiger partial charge in [0, 0.05) is 11.9 Å². The van der Waals surface area contributed by atoms with Gasteiger partial charge in [-0.1, -0.05) is 37.6 Å². The number of thioether (sulfide) groups is 1. The Balaban J connectivity index is 1.48. The SMILES string of the molecule is C[C@H]1CCCC[C@@H]1OCCSc1ncc2ccccn12. The van der Waals surface area contributed by atoms with Gasteiger partial charge < -0.3 is 4.74 Å². The number of pyridine rings is 1. The number of fused-ring (bicyclic) bond motifs is 1. The van der Waals surface area contributed by atoms with E-state index in [1.54, 1.807) is 11.8 Å². The van der Waals surface area contributed by atoms with Crippen LogP contribution in [0.2, 0.25) is 0 Å². The normalized spacial score (nSPS) is 23.2. The molecular weight excluding hydrogens is 268 g/mol. The van der Waals surface area contributed by atoms with Crippen molar-refractivity contribution in [1.82, 2.24) is 9.38 Å². The van der Waals surface area contributed by atoms with Crippen molar-refractivity contribution in [3.63, 3.8) is 0 Å². The fraction of sp³-hybridized carbons (Fsp3) is 0.562. The number of imidazole rings is 1. The molecule has 0 saturated heterocycles. The topological polar surface area (TPSA) is 26.5 Å². The quantitative estimate of drug-likeness (QED) is 0.614. The third-order valence-electron chi connectivity index (χ3n) is 4.08. The molecule has 2 atom stereocenters. The number of hydrogen-bond donors (Lipinski definition) is 0. The van der Waals surface area contributed by atoms with Crippen molar-refractivity contribution < 1.29 is 4.74 Å². The van der Waals surface area contributed by atoms with E-state index in [2.05, 4.69) is 28.6 Å². The largest absolute Gasteiger partial charge is 0.377 e. The molecule has 0 bridgehead atoms. The van der Waals surface area contributed by atoms with Crippen LogP contribution in [-0.4, -0.2) is 27.8 Å². The molecule has 0 N–H and O–H groups in total. The highest BCUT2D eigenvalue weighted by atomic mass is 32.2. The second-order valence-electron chi connectivity index (χ2n) is 5.56.